The van der Waals surface area contributed by atoms with Gasteiger partial charge in [-0.1, -0.05) is 12.1 Å². The summed E-state index contributed by atoms with van der Waals surface area (Å²) in [5, 5.41) is 10.7. The topological polar surface area (TPSA) is 99.5 Å². The van der Waals surface area contributed by atoms with Crippen LogP contribution in [0.4, 0.5) is 11.6 Å². The molecule has 1 amide bonds. The Bertz CT molecular complexity index is 1080. The third-order valence-corrected chi connectivity index (χ3v) is 5.50. The minimum absolute atomic E-state index is 0.173. The molecule has 0 radical (unpaired) electrons. The Hall–Kier alpha value is -3.75. The summed E-state index contributed by atoms with van der Waals surface area (Å²) in [6.45, 7) is 1.95. The molecule has 0 spiro atoms. The number of amides is 1. The molecule has 1 aromatic heterocycles. The maximum atomic E-state index is 13.6. The van der Waals surface area contributed by atoms with Crippen LogP contribution in [0.15, 0.2) is 48.8 Å². The smallest absolute Gasteiger partial charge is 0.232 e. The molecule has 0 bridgehead atoms. The number of carbonyl (C=O) groups is 1. The van der Waals surface area contributed by atoms with Crippen molar-refractivity contribution in [2.75, 3.05) is 32.0 Å². The van der Waals surface area contributed by atoms with Crippen molar-refractivity contribution in [1.82, 2.24) is 14.8 Å². The lowest BCUT2D eigenvalue weighted by atomic mass is 9.85. The van der Waals surface area contributed by atoms with E-state index in [4.69, 9.17) is 14.2 Å². The molecule has 1 aliphatic rings. The maximum Gasteiger partial charge on any atom is 0.232 e. The SMILES string of the molecule is COc1ccc([C@@H]2[C@@H](C(=O)Nc3ccccc3OC)[C@@H](C)Nc3ncnn32)c(OC)c1. The zero-order chi connectivity index (χ0) is 22.0. The molecule has 2 aromatic carbocycles. The third-order valence-electron chi connectivity index (χ3n) is 5.50. The molecule has 3 aromatic rings. The van der Waals surface area contributed by atoms with Crippen LogP contribution in [0, 0.1) is 5.92 Å². The average molecular weight is 423 g/mol. The quantitative estimate of drug-likeness (QED) is 0.629. The number of ether oxygens (including phenoxy) is 3. The number of para-hydroxylation sites is 2. The Morgan fingerprint density at radius 3 is 2.58 bits per heavy atom. The molecule has 162 valence electrons. The second-order valence-corrected chi connectivity index (χ2v) is 7.23. The third kappa shape index (κ3) is 3.74. The van der Waals surface area contributed by atoms with Crippen LogP contribution in [0.1, 0.15) is 18.5 Å². The fraction of sp³-hybridized carbons (Fsp3) is 0.318. The lowest BCUT2D eigenvalue weighted by Crippen LogP contribution is -2.46. The number of benzene rings is 2. The molecule has 1 aliphatic heterocycles. The van der Waals surface area contributed by atoms with Gasteiger partial charge in [0.15, 0.2) is 0 Å². The Morgan fingerprint density at radius 1 is 1.06 bits per heavy atom. The number of hydrogen-bond acceptors (Lipinski definition) is 7. The highest BCUT2D eigenvalue weighted by Crippen LogP contribution is 2.41. The number of nitrogens with one attached hydrogen (secondary N) is 2. The molecular formula is C22H25N5O4. The van der Waals surface area contributed by atoms with Gasteiger partial charge < -0.3 is 24.8 Å². The Balaban J connectivity index is 1.78. The fourth-order valence-electron chi connectivity index (χ4n) is 4.00. The van der Waals surface area contributed by atoms with Crippen molar-refractivity contribution in [3.63, 3.8) is 0 Å². The van der Waals surface area contributed by atoms with Crippen molar-refractivity contribution in [1.29, 1.82) is 0 Å². The van der Waals surface area contributed by atoms with E-state index in [0.29, 0.717) is 28.9 Å². The number of aromatic nitrogens is 3. The second kappa shape index (κ2) is 8.55. The standard InChI is InChI=1S/C22H25N5O4/c1-13-19(21(28)26-16-7-5-6-8-17(16)30-3)20(27-22(25-13)23-12-24-27)15-10-9-14(29-2)11-18(15)31-4/h5-13,19-20H,1-4H3,(H,26,28)(H,23,24,25)/t13-,19+,20-/m1/s1. The normalized spacial score (nSPS) is 19.7. The first-order chi connectivity index (χ1) is 15.1. The molecule has 9 heteroatoms. The summed E-state index contributed by atoms with van der Waals surface area (Å²) in [7, 11) is 4.76. The van der Waals surface area contributed by atoms with E-state index in [1.54, 1.807) is 38.1 Å². The van der Waals surface area contributed by atoms with E-state index < -0.39 is 12.0 Å². The molecule has 0 unspecified atom stereocenters. The first-order valence-electron chi connectivity index (χ1n) is 9.89. The van der Waals surface area contributed by atoms with Crippen molar-refractivity contribution in [2.24, 2.45) is 5.92 Å². The summed E-state index contributed by atoms with van der Waals surface area (Å²) in [6.07, 6.45) is 1.47. The number of rotatable bonds is 6. The van der Waals surface area contributed by atoms with Gasteiger partial charge in [-0.15, -0.1) is 0 Å². The maximum absolute atomic E-state index is 13.6. The van der Waals surface area contributed by atoms with Crippen LogP contribution in [-0.2, 0) is 4.79 Å². The molecular weight excluding hydrogens is 398 g/mol. The van der Waals surface area contributed by atoms with Crippen molar-refractivity contribution in [2.45, 2.75) is 19.0 Å². The van der Waals surface area contributed by atoms with Gasteiger partial charge in [0.1, 0.15) is 23.6 Å². The van der Waals surface area contributed by atoms with Crippen LogP contribution >= 0.6 is 0 Å². The van der Waals surface area contributed by atoms with E-state index in [-0.39, 0.29) is 11.9 Å². The van der Waals surface area contributed by atoms with Gasteiger partial charge >= 0.3 is 0 Å². The van der Waals surface area contributed by atoms with Crippen LogP contribution < -0.4 is 24.8 Å². The number of methoxy groups -OCH3 is 3. The molecule has 31 heavy (non-hydrogen) atoms. The predicted molar refractivity (Wildman–Crippen MR) is 116 cm³/mol. The molecule has 9 nitrogen and oxygen atoms in total. The summed E-state index contributed by atoms with van der Waals surface area (Å²) >= 11 is 0. The molecule has 2 heterocycles. The molecule has 3 atom stereocenters. The van der Waals surface area contributed by atoms with E-state index in [1.165, 1.54) is 6.33 Å². The highest BCUT2D eigenvalue weighted by molar-refractivity contribution is 5.95. The Kier molecular flexibility index (Phi) is 5.66. The average Bonchev–Trinajstić information content (AvgIpc) is 3.26. The number of fused-ring (bicyclic) bond motifs is 1. The first-order valence-corrected chi connectivity index (χ1v) is 9.89. The van der Waals surface area contributed by atoms with Gasteiger partial charge in [-0.25, -0.2) is 4.68 Å². The zero-order valence-electron chi connectivity index (χ0n) is 17.8. The minimum atomic E-state index is -0.513. The van der Waals surface area contributed by atoms with E-state index in [2.05, 4.69) is 20.7 Å². The van der Waals surface area contributed by atoms with E-state index in [1.807, 2.05) is 37.3 Å². The lowest BCUT2D eigenvalue weighted by molar-refractivity contribution is -0.121. The number of hydrogen-bond donors (Lipinski definition) is 2. The molecule has 0 aliphatic carbocycles. The second-order valence-electron chi connectivity index (χ2n) is 7.23. The van der Waals surface area contributed by atoms with Crippen molar-refractivity contribution in [3.8, 4) is 17.2 Å². The highest BCUT2D eigenvalue weighted by Gasteiger charge is 2.42. The van der Waals surface area contributed by atoms with Gasteiger partial charge in [0.05, 0.1) is 39.0 Å². The summed E-state index contributed by atoms with van der Waals surface area (Å²) in [5.74, 6) is 1.77. The molecule has 0 saturated carbocycles. The number of nitrogens with zero attached hydrogens (tertiary/aromatic N) is 3. The predicted octanol–water partition coefficient (Wildman–Crippen LogP) is 2.96. The van der Waals surface area contributed by atoms with Crippen LogP contribution in [0.25, 0.3) is 0 Å². The summed E-state index contributed by atoms with van der Waals surface area (Å²) in [6, 6.07) is 12.2. The minimum Gasteiger partial charge on any atom is -0.497 e. The largest absolute Gasteiger partial charge is 0.497 e. The first kappa shape index (κ1) is 20.5. The van der Waals surface area contributed by atoms with Gasteiger partial charge in [-0.3, -0.25) is 4.79 Å². The van der Waals surface area contributed by atoms with Crippen molar-refractivity contribution in [3.05, 3.63) is 54.4 Å². The number of carbonyl (C=O) groups excluding carboxylic acids is 1. The number of anilines is 2. The summed E-state index contributed by atoms with van der Waals surface area (Å²) in [5.41, 5.74) is 1.41. The van der Waals surface area contributed by atoms with Crippen LogP contribution in [0.5, 0.6) is 17.2 Å². The van der Waals surface area contributed by atoms with Crippen molar-refractivity contribution < 1.29 is 19.0 Å². The van der Waals surface area contributed by atoms with Crippen LogP contribution in [-0.4, -0.2) is 48.0 Å². The van der Waals surface area contributed by atoms with E-state index >= 15 is 0 Å². The Morgan fingerprint density at radius 2 is 1.84 bits per heavy atom. The van der Waals surface area contributed by atoms with E-state index in [0.717, 1.165) is 5.56 Å². The van der Waals surface area contributed by atoms with Gasteiger partial charge in [0.25, 0.3) is 0 Å². The Labute approximate surface area is 180 Å². The van der Waals surface area contributed by atoms with Gasteiger partial charge in [0.2, 0.25) is 11.9 Å². The van der Waals surface area contributed by atoms with E-state index in [9.17, 15) is 4.79 Å². The monoisotopic (exact) mass is 423 g/mol. The molecule has 2 N–H and O–H groups in total. The molecule has 0 fully saturated rings. The van der Waals surface area contributed by atoms with Gasteiger partial charge in [0, 0.05) is 17.7 Å². The van der Waals surface area contributed by atoms with Gasteiger partial charge in [-0.2, -0.15) is 10.1 Å². The van der Waals surface area contributed by atoms with Crippen molar-refractivity contribution >= 4 is 17.5 Å². The van der Waals surface area contributed by atoms with Crippen LogP contribution in [0.2, 0.25) is 0 Å². The molecule has 0 saturated heterocycles. The fourth-order valence-corrected chi connectivity index (χ4v) is 4.00. The summed E-state index contributed by atoms with van der Waals surface area (Å²) < 4.78 is 18.1. The van der Waals surface area contributed by atoms with Crippen LogP contribution in [0.3, 0.4) is 0 Å². The molecule has 4 rings (SSSR count). The zero-order valence-corrected chi connectivity index (χ0v) is 17.8. The van der Waals surface area contributed by atoms with Gasteiger partial charge in [-0.05, 0) is 31.2 Å². The highest BCUT2D eigenvalue weighted by atomic mass is 16.5. The summed E-state index contributed by atoms with van der Waals surface area (Å²) in [4.78, 5) is 17.9. The lowest BCUT2D eigenvalue weighted by Gasteiger charge is -2.37.